The maximum absolute atomic E-state index is 12.8. The van der Waals surface area contributed by atoms with Crippen molar-refractivity contribution >= 4 is 11.6 Å². The number of hydrogen-bond acceptors (Lipinski definition) is 3. The Kier molecular flexibility index (Phi) is 4.42. The first-order valence-electron chi connectivity index (χ1n) is 6.05. The summed E-state index contributed by atoms with van der Waals surface area (Å²) in [7, 11) is 0. The van der Waals surface area contributed by atoms with E-state index in [0.717, 1.165) is 12.8 Å². The van der Waals surface area contributed by atoms with E-state index in [9.17, 15) is 13.2 Å². The molecule has 1 fully saturated rings. The van der Waals surface area contributed by atoms with Crippen molar-refractivity contribution in [1.82, 2.24) is 0 Å². The second kappa shape index (κ2) is 6.06. The van der Waals surface area contributed by atoms with Crippen molar-refractivity contribution < 1.29 is 22.6 Å². The topological polar surface area (TPSA) is 30.8 Å². The fraction of sp³-hybridized carbons (Fsp3) is 0.462. The summed E-state index contributed by atoms with van der Waals surface area (Å²) in [5, 5.41) is 0. The SMILES string of the molecule is FC(F)(F)C(=Nc1ccccc1)OC1CCCCO1. The van der Waals surface area contributed by atoms with Crippen LogP contribution in [0.1, 0.15) is 19.3 Å². The minimum Gasteiger partial charge on any atom is -0.444 e. The van der Waals surface area contributed by atoms with Crippen molar-refractivity contribution in [2.45, 2.75) is 31.7 Å². The summed E-state index contributed by atoms with van der Waals surface area (Å²) in [6.45, 7) is 0.418. The lowest BCUT2D eigenvalue weighted by atomic mass is 10.2. The Morgan fingerprint density at radius 2 is 1.95 bits per heavy atom. The predicted octanol–water partition coefficient (Wildman–Crippen LogP) is 3.82. The van der Waals surface area contributed by atoms with Gasteiger partial charge in [-0.05, 0) is 25.0 Å². The zero-order valence-electron chi connectivity index (χ0n) is 10.2. The molecule has 0 N–H and O–H groups in total. The van der Waals surface area contributed by atoms with E-state index < -0.39 is 18.4 Å². The summed E-state index contributed by atoms with van der Waals surface area (Å²) in [6.07, 6.45) is -3.41. The maximum atomic E-state index is 12.8. The highest BCUT2D eigenvalue weighted by molar-refractivity contribution is 5.84. The summed E-state index contributed by atoms with van der Waals surface area (Å²) in [5.41, 5.74) is 0.200. The minimum absolute atomic E-state index is 0.200. The van der Waals surface area contributed by atoms with Gasteiger partial charge in [-0.2, -0.15) is 13.2 Å². The van der Waals surface area contributed by atoms with Crippen LogP contribution in [0.3, 0.4) is 0 Å². The van der Waals surface area contributed by atoms with Crippen LogP contribution < -0.4 is 0 Å². The van der Waals surface area contributed by atoms with Gasteiger partial charge in [-0.3, -0.25) is 0 Å². The summed E-state index contributed by atoms with van der Waals surface area (Å²) in [4.78, 5) is 3.51. The van der Waals surface area contributed by atoms with Crippen molar-refractivity contribution in [1.29, 1.82) is 0 Å². The van der Waals surface area contributed by atoms with Crippen LogP contribution in [0.25, 0.3) is 0 Å². The predicted molar refractivity (Wildman–Crippen MR) is 64.3 cm³/mol. The molecule has 1 aromatic rings. The summed E-state index contributed by atoms with van der Waals surface area (Å²) in [5.74, 6) is -1.26. The van der Waals surface area contributed by atoms with Crippen molar-refractivity contribution in [3.05, 3.63) is 30.3 Å². The molecule has 3 nitrogen and oxygen atoms in total. The van der Waals surface area contributed by atoms with Gasteiger partial charge in [-0.15, -0.1) is 0 Å². The highest BCUT2D eigenvalue weighted by Gasteiger charge is 2.40. The Balaban J connectivity index is 2.14. The van der Waals surface area contributed by atoms with Crippen molar-refractivity contribution in [2.75, 3.05) is 6.61 Å². The molecule has 104 valence electrons. The molecule has 0 amide bonds. The van der Waals surface area contributed by atoms with Gasteiger partial charge in [0, 0.05) is 6.42 Å². The summed E-state index contributed by atoms with van der Waals surface area (Å²) < 4.78 is 48.5. The number of ether oxygens (including phenoxy) is 2. The third-order valence-corrected chi connectivity index (χ3v) is 2.61. The standard InChI is InChI=1S/C13H14F3NO2/c14-13(15,16)12(17-10-6-2-1-3-7-10)19-11-8-4-5-9-18-11/h1-3,6-7,11H,4-5,8-9H2. The first-order valence-corrected chi connectivity index (χ1v) is 6.05. The monoisotopic (exact) mass is 273 g/mol. The van der Waals surface area contributed by atoms with E-state index >= 15 is 0 Å². The van der Waals surface area contributed by atoms with Crippen LogP contribution in [0.15, 0.2) is 35.3 Å². The fourth-order valence-electron chi connectivity index (χ4n) is 1.70. The normalized spacial score (nSPS) is 21.2. The second-order valence-electron chi connectivity index (χ2n) is 4.16. The number of nitrogens with zero attached hydrogens (tertiary/aromatic N) is 1. The Hall–Kier alpha value is -1.56. The number of aliphatic imine (C=N–C) groups is 1. The smallest absolute Gasteiger partial charge is 0.444 e. The van der Waals surface area contributed by atoms with E-state index in [0.29, 0.717) is 13.0 Å². The van der Waals surface area contributed by atoms with Crippen LogP contribution in [0.5, 0.6) is 0 Å². The number of halogens is 3. The van der Waals surface area contributed by atoms with Gasteiger partial charge < -0.3 is 9.47 Å². The van der Waals surface area contributed by atoms with E-state index in [4.69, 9.17) is 9.47 Å². The second-order valence-corrected chi connectivity index (χ2v) is 4.16. The third kappa shape index (κ3) is 4.24. The Morgan fingerprint density at radius 1 is 1.21 bits per heavy atom. The number of para-hydroxylation sites is 1. The van der Waals surface area contributed by atoms with Crippen LogP contribution >= 0.6 is 0 Å². The van der Waals surface area contributed by atoms with Gasteiger partial charge in [0.05, 0.1) is 12.3 Å². The van der Waals surface area contributed by atoms with E-state index in [1.165, 1.54) is 12.1 Å². The van der Waals surface area contributed by atoms with Gasteiger partial charge in [0.25, 0.3) is 5.90 Å². The zero-order valence-corrected chi connectivity index (χ0v) is 10.2. The average Bonchev–Trinajstić information content (AvgIpc) is 2.39. The Bertz CT molecular complexity index is 425. The fourth-order valence-corrected chi connectivity index (χ4v) is 1.70. The maximum Gasteiger partial charge on any atom is 0.468 e. The van der Waals surface area contributed by atoms with Crippen molar-refractivity contribution in [3.8, 4) is 0 Å². The molecule has 1 aliphatic rings. The number of benzene rings is 1. The molecule has 0 aromatic heterocycles. The van der Waals surface area contributed by atoms with Gasteiger partial charge in [-0.1, -0.05) is 18.2 Å². The largest absolute Gasteiger partial charge is 0.468 e. The number of alkyl halides is 3. The molecule has 19 heavy (non-hydrogen) atoms. The molecule has 6 heteroatoms. The zero-order chi connectivity index (χ0) is 13.7. The van der Waals surface area contributed by atoms with Crippen LogP contribution in [0.2, 0.25) is 0 Å². The molecule has 0 saturated carbocycles. The summed E-state index contributed by atoms with van der Waals surface area (Å²) >= 11 is 0. The molecule has 1 aromatic carbocycles. The number of rotatable bonds is 2. The molecule has 0 spiro atoms. The molecule has 0 aliphatic carbocycles. The lowest BCUT2D eigenvalue weighted by Crippen LogP contribution is -2.33. The van der Waals surface area contributed by atoms with Gasteiger partial charge >= 0.3 is 6.18 Å². The third-order valence-electron chi connectivity index (χ3n) is 2.61. The van der Waals surface area contributed by atoms with E-state index in [1.807, 2.05) is 0 Å². The Labute approximate surface area is 109 Å². The molecule has 0 radical (unpaired) electrons. The number of hydrogen-bond donors (Lipinski definition) is 0. The van der Waals surface area contributed by atoms with Crippen LogP contribution in [-0.2, 0) is 9.47 Å². The highest BCUT2D eigenvalue weighted by atomic mass is 19.4. The van der Waals surface area contributed by atoms with Crippen molar-refractivity contribution in [3.63, 3.8) is 0 Å². The molecule has 1 unspecified atom stereocenters. The van der Waals surface area contributed by atoms with Crippen LogP contribution in [-0.4, -0.2) is 25.0 Å². The molecule has 0 bridgehead atoms. The first kappa shape index (κ1) is 13.9. The van der Waals surface area contributed by atoms with Gasteiger partial charge in [0.2, 0.25) is 6.29 Å². The van der Waals surface area contributed by atoms with E-state index in [1.54, 1.807) is 18.2 Å². The summed E-state index contributed by atoms with van der Waals surface area (Å²) in [6, 6.07) is 7.90. The van der Waals surface area contributed by atoms with Crippen molar-refractivity contribution in [2.24, 2.45) is 4.99 Å². The van der Waals surface area contributed by atoms with Crippen LogP contribution in [0.4, 0.5) is 18.9 Å². The first-order chi connectivity index (χ1) is 9.05. The van der Waals surface area contributed by atoms with Gasteiger partial charge in [-0.25, -0.2) is 4.99 Å². The average molecular weight is 273 g/mol. The molecular weight excluding hydrogens is 259 g/mol. The Morgan fingerprint density at radius 3 is 2.53 bits per heavy atom. The highest BCUT2D eigenvalue weighted by Crippen LogP contribution is 2.25. The molecule has 1 atom stereocenters. The lowest BCUT2D eigenvalue weighted by Gasteiger charge is -2.24. The van der Waals surface area contributed by atoms with Gasteiger partial charge in [0.1, 0.15) is 0 Å². The molecule has 1 saturated heterocycles. The van der Waals surface area contributed by atoms with Gasteiger partial charge in [0.15, 0.2) is 0 Å². The lowest BCUT2D eigenvalue weighted by molar-refractivity contribution is -0.146. The quantitative estimate of drug-likeness (QED) is 0.605. The molecule has 1 aliphatic heterocycles. The molecular formula is C13H14F3NO2. The van der Waals surface area contributed by atoms with Crippen LogP contribution in [0, 0.1) is 0 Å². The molecule has 2 rings (SSSR count). The van der Waals surface area contributed by atoms with E-state index in [-0.39, 0.29) is 5.69 Å². The van der Waals surface area contributed by atoms with E-state index in [2.05, 4.69) is 4.99 Å². The molecule has 1 heterocycles. The minimum atomic E-state index is -4.63.